The average molecular weight is 781 g/mol. The van der Waals surface area contributed by atoms with Gasteiger partial charge in [0.2, 0.25) is 5.91 Å². The van der Waals surface area contributed by atoms with Crippen LogP contribution in [0.2, 0.25) is 0 Å². The number of likely N-dealkylation sites (N-methyl/N-ethyl adjacent to an activating group) is 1. The fraction of sp³-hybridized carbons (Fsp3) is 0.800. The summed E-state index contributed by atoms with van der Waals surface area (Å²) >= 11 is 0. The van der Waals surface area contributed by atoms with Crippen molar-refractivity contribution >= 4 is 13.7 Å². The van der Waals surface area contributed by atoms with Crippen LogP contribution in [0.1, 0.15) is 181 Å². The SMILES string of the molecule is CC/C=C\C/C=C\CCCCCCCCCCCCCCCCC(=O)NC(COP(=O)([O-])OCC[N+](C)(C)C)C(O)/C=C/CC/C=C/CCCCCCC. The number of aliphatic hydroxyl groups is 1. The maximum Gasteiger partial charge on any atom is 0.268 e. The highest BCUT2D eigenvalue weighted by molar-refractivity contribution is 7.45. The van der Waals surface area contributed by atoms with E-state index in [4.69, 9.17) is 9.05 Å². The standard InChI is InChI=1S/C45H85N2O6P/c1-6-8-10-12-14-16-18-19-20-21-22-23-24-25-26-27-29-31-33-35-37-39-45(49)46-43(42-53-54(50,51)52-41-40-47(3,4)5)44(48)38-36-34-32-30-28-17-15-13-11-9-7-2/h8,10,14,16,28,30,36,38,43-44,48H,6-7,9,11-13,15,17-27,29,31-35,37,39-42H2,1-5H3,(H-,46,49,50,51)/b10-8-,16-14-,30-28+,38-36+. The predicted molar refractivity (Wildman–Crippen MR) is 228 cm³/mol. The summed E-state index contributed by atoms with van der Waals surface area (Å²) in [6.07, 6.45) is 45.9. The summed E-state index contributed by atoms with van der Waals surface area (Å²) in [5.74, 6) is -0.211. The van der Waals surface area contributed by atoms with E-state index in [1.54, 1.807) is 6.08 Å². The lowest BCUT2D eigenvalue weighted by Crippen LogP contribution is -2.45. The van der Waals surface area contributed by atoms with E-state index >= 15 is 0 Å². The van der Waals surface area contributed by atoms with Gasteiger partial charge in [-0.3, -0.25) is 9.36 Å². The van der Waals surface area contributed by atoms with E-state index in [-0.39, 0.29) is 12.5 Å². The predicted octanol–water partition coefficient (Wildman–Crippen LogP) is 11.4. The number of quaternary nitrogens is 1. The molecule has 0 aliphatic carbocycles. The van der Waals surface area contributed by atoms with Gasteiger partial charge in [0.05, 0.1) is 39.9 Å². The third kappa shape index (κ3) is 38.7. The molecule has 0 fully saturated rings. The van der Waals surface area contributed by atoms with Gasteiger partial charge in [-0.15, -0.1) is 0 Å². The molecule has 0 aromatic rings. The van der Waals surface area contributed by atoms with Gasteiger partial charge in [-0.2, -0.15) is 0 Å². The minimum Gasteiger partial charge on any atom is -0.756 e. The number of nitrogens with zero attached hydrogens (tertiary/aromatic N) is 1. The van der Waals surface area contributed by atoms with Gasteiger partial charge in [-0.1, -0.05) is 165 Å². The van der Waals surface area contributed by atoms with Crippen LogP contribution in [0.3, 0.4) is 0 Å². The largest absolute Gasteiger partial charge is 0.756 e. The monoisotopic (exact) mass is 781 g/mol. The lowest BCUT2D eigenvalue weighted by molar-refractivity contribution is -0.870. The highest BCUT2D eigenvalue weighted by atomic mass is 31.2. The van der Waals surface area contributed by atoms with Crippen molar-refractivity contribution in [3.63, 3.8) is 0 Å². The number of carbonyl (C=O) groups excluding carboxylic acids is 1. The Labute approximate surface area is 333 Å². The summed E-state index contributed by atoms with van der Waals surface area (Å²) in [4.78, 5) is 25.2. The molecule has 316 valence electrons. The van der Waals surface area contributed by atoms with Crippen LogP contribution >= 0.6 is 7.82 Å². The van der Waals surface area contributed by atoms with Gasteiger partial charge < -0.3 is 28.8 Å². The van der Waals surface area contributed by atoms with Crippen LogP contribution in [0.5, 0.6) is 0 Å². The van der Waals surface area contributed by atoms with Crippen molar-refractivity contribution in [3.8, 4) is 0 Å². The number of hydrogen-bond acceptors (Lipinski definition) is 6. The van der Waals surface area contributed by atoms with Crippen molar-refractivity contribution in [2.24, 2.45) is 0 Å². The Morgan fingerprint density at radius 3 is 1.70 bits per heavy atom. The fourth-order valence-corrected chi connectivity index (χ4v) is 6.75. The molecule has 0 aromatic heterocycles. The Hall–Kier alpha value is -1.54. The van der Waals surface area contributed by atoms with Crippen LogP contribution in [-0.2, 0) is 18.4 Å². The Morgan fingerprint density at radius 2 is 1.15 bits per heavy atom. The molecule has 0 rings (SSSR count). The number of rotatable bonds is 39. The molecule has 0 saturated heterocycles. The molecule has 0 bridgehead atoms. The number of hydrogen-bond donors (Lipinski definition) is 2. The van der Waals surface area contributed by atoms with Crippen molar-refractivity contribution in [1.29, 1.82) is 0 Å². The van der Waals surface area contributed by atoms with Gasteiger partial charge in [-0.25, -0.2) is 0 Å². The molecule has 1 amide bonds. The van der Waals surface area contributed by atoms with E-state index in [9.17, 15) is 19.4 Å². The first-order chi connectivity index (χ1) is 26.0. The Balaban J connectivity index is 4.32. The van der Waals surface area contributed by atoms with Gasteiger partial charge >= 0.3 is 0 Å². The number of unbranched alkanes of at least 4 members (excludes halogenated alkanes) is 20. The Bertz CT molecular complexity index is 1020. The second-order valence-electron chi connectivity index (χ2n) is 16.0. The maximum absolute atomic E-state index is 12.8. The number of phosphoric acid groups is 1. The van der Waals surface area contributed by atoms with Crippen molar-refractivity contribution in [3.05, 3.63) is 48.6 Å². The molecule has 0 saturated carbocycles. The first-order valence-corrected chi connectivity index (χ1v) is 23.5. The normalized spacial score (nSPS) is 14.9. The summed E-state index contributed by atoms with van der Waals surface area (Å²) in [6, 6.07) is -0.901. The minimum atomic E-state index is -4.59. The van der Waals surface area contributed by atoms with Crippen LogP contribution < -0.4 is 10.2 Å². The summed E-state index contributed by atoms with van der Waals surface area (Å²) < 4.78 is 23.1. The number of allylic oxidation sites excluding steroid dienone is 7. The summed E-state index contributed by atoms with van der Waals surface area (Å²) in [7, 11) is 1.24. The van der Waals surface area contributed by atoms with Crippen LogP contribution in [0.4, 0.5) is 0 Å². The molecule has 0 aliphatic heterocycles. The average Bonchev–Trinajstić information content (AvgIpc) is 3.12. The van der Waals surface area contributed by atoms with Crippen LogP contribution in [0, 0.1) is 0 Å². The summed E-state index contributed by atoms with van der Waals surface area (Å²) in [5.41, 5.74) is 0. The molecule has 3 unspecified atom stereocenters. The number of aliphatic hydroxyl groups excluding tert-OH is 1. The number of nitrogens with one attached hydrogen (secondary N) is 1. The van der Waals surface area contributed by atoms with Crippen molar-refractivity contribution in [1.82, 2.24) is 5.32 Å². The smallest absolute Gasteiger partial charge is 0.268 e. The van der Waals surface area contributed by atoms with Gasteiger partial charge in [0.25, 0.3) is 7.82 Å². The molecule has 0 aliphatic rings. The number of amides is 1. The van der Waals surface area contributed by atoms with E-state index in [1.165, 1.54) is 109 Å². The van der Waals surface area contributed by atoms with E-state index in [1.807, 2.05) is 27.2 Å². The molecule has 0 heterocycles. The van der Waals surface area contributed by atoms with Crippen LogP contribution in [-0.4, -0.2) is 68.5 Å². The maximum atomic E-state index is 12.8. The third-order valence-electron chi connectivity index (χ3n) is 9.52. The number of carbonyl (C=O) groups is 1. The van der Waals surface area contributed by atoms with Crippen molar-refractivity contribution in [2.45, 2.75) is 193 Å². The minimum absolute atomic E-state index is 0.00724. The molecule has 54 heavy (non-hydrogen) atoms. The van der Waals surface area contributed by atoms with Gasteiger partial charge in [0.15, 0.2) is 0 Å². The molecule has 0 spiro atoms. The van der Waals surface area contributed by atoms with Crippen LogP contribution in [0.15, 0.2) is 48.6 Å². The molecule has 2 N–H and O–H groups in total. The van der Waals surface area contributed by atoms with Gasteiger partial charge in [0, 0.05) is 6.42 Å². The quantitative estimate of drug-likeness (QED) is 0.0278. The van der Waals surface area contributed by atoms with E-state index in [0.717, 1.165) is 51.4 Å². The van der Waals surface area contributed by atoms with E-state index in [0.29, 0.717) is 17.4 Å². The molecular weight excluding hydrogens is 695 g/mol. The topological polar surface area (TPSA) is 108 Å². The first kappa shape index (κ1) is 52.5. The first-order valence-electron chi connectivity index (χ1n) is 22.0. The molecule has 3 atom stereocenters. The zero-order chi connectivity index (χ0) is 40.0. The van der Waals surface area contributed by atoms with Gasteiger partial charge in [-0.05, 0) is 57.8 Å². The zero-order valence-corrected chi connectivity index (χ0v) is 36.6. The second-order valence-corrected chi connectivity index (χ2v) is 17.4. The molecule has 8 nitrogen and oxygen atoms in total. The van der Waals surface area contributed by atoms with Gasteiger partial charge in [0.1, 0.15) is 13.2 Å². The number of phosphoric ester groups is 1. The fourth-order valence-electron chi connectivity index (χ4n) is 6.03. The highest BCUT2D eigenvalue weighted by Gasteiger charge is 2.23. The molecular formula is C45H85N2O6P. The Morgan fingerprint density at radius 1 is 0.667 bits per heavy atom. The molecule has 9 heteroatoms. The highest BCUT2D eigenvalue weighted by Crippen LogP contribution is 2.38. The lowest BCUT2D eigenvalue weighted by Gasteiger charge is -2.29. The zero-order valence-electron chi connectivity index (χ0n) is 35.7. The van der Waals surface area contributed by atoms with Crippen molar-refractivity contribution < 1.29 is 32.9 Å². The second kappa shape index (κ2) is 37.1. The third-order valence-corrected chi connectivity index (χ3v) is 10.5. The summed E-state index contributed by atoms with van der Waals surface area (Å²) in [6.45, 7) is 4.49. The summed E-state index contributed by atoms with van der Waals surface area (Å²) in [5, 5.41) is 13.7. The van der Waals surface area contributed by atoms with Crippen molar-refractivity contribution in [2.75, 3.05) is 40.9 Å². The van der Waals surface area contributed by atoms with E-state index in [2.05, 4.69) is 55.6 Å². The molecule has 0 aromatic carbocycles. The molecule has 0 radical (unpaired) electrons. The van der Waals surface area contributed by atoms with Crippen LogP contribution in [0.25, 0.3) is 0 Å². The lowest BCUT2D eigenvalue weighted by atomic mass is 10.0. The Kier molecular flexibility index (Phi) is 36.0. The van der Waals surface area contributed by atoms with E-state index < -0.39 is 26.6 Å².